The normalized spacial score (nSPS) is 20.3. The number of carbonyl (C=O) groups is 1. The van der Waals surface area contributed by atoms with Crippen molar-refractivity contribution in [3.05, 3.63) is 57.0 Å². The van der Waals surface area contributed by atoms with Crippen LogP contribution in [0.1, 0.15) is 33.6 Å². The van der Waals surface area contributed by atoms with Crippen LogP contribution in [0.3, 0.4) is 0 Å². The molecular weight excluding hydrogens is 374 g/mol. The topological polar surface area (TPSA) is 46.1 Å². The molecule has 0 aliphatic carbocycles. The second-order valence-electron chi connectivity index (χ2n) is 7.22. The van der Waals surface area contributed by atoms with E-state index in [1.54, 1.807) is 22.7 Å². The fourth-order valence-electron chi connectivity index (χ4n) is 3.87. The van der Waals surface area contributed by atoms with Crippen LogP contribution in [0.5, 0.6) is 0 Å². The summed E-state index contributed by atoms with van der Waals surface area (Å²) in [5.74, 6) is 0.703. The highest BCUT2D eigenvalue weighted by molar-refractivity contribution is 7.16. The molecule has 3 aromatic rings. The van der Waals surface area contributed by atoms with Crippen LogP contribution in [0.25, 0.3) is 10.6 Å². The summed E-state index contributed by atoms with van der Waals surface area (Å²) in [6.45, 7) is 4.96. The molecule has 0 radical (unpaired) electrons. The monoisotopic (exact) mass is 397 g/mol. The average Bonchev–Trinajstić information content (AvgIpc) is 3.34. The molecule has 1 aliphatic rings. The van der Waals surface area contributed by atoms with Gasteiger partial charge < -0.3 is 0 Å². The van der Waals surface area contributed by atoms with Gasteiger partial charge in [0.05, 0.1) is 33.7 Å². The summed E-state index contributed by atoms with van der Waals surface area (Å²) >= 11 is 3.24. The van der Waals surface area contributed by atoms with E-state index < -0.39 is 0 Å². The average molecular weight is 398 g/mol. The summed E-state index contributed by atoms with van der Waals surface area (Å²) in [7, 11) is 2.06. The van der Waals surface area contributed by atoms with Gasteiger partial charge in [0, 0.05) is 11.9 Å². The lowest BCUT2D eigenvalue weighted by Crippen LogP contribution is -2.33. The molecule has 27 heavy (non-hydrogen) atoms. The van der Waals surface area contributed by atoms with E-state index in [4.69, 9.17) is 4.98 Å². The van der Waals surface area contributed by atoms with Gasteiger partial charge in [0.25, 0.3) is 0 Å². The summed E-state index contributed by atoms with van der Waals surface area (Å²) in [6.07, 6.45) is 1.31. The van der Waals surface area contributed by atoms with Gasteiger partial charge in [-0.05, 0) is 38.8 Å². The number of Topliss-reactive ketones (excluding diaryl/α,β-unsaturated/α-hetero) is 1. The fraction of sp³-hybridized carbons (Fsp3) is 0.381. The third-order valence-electron chi connectivity index (χ3n) is 5.20. The number of likely N-dealkylation sites (N-methyl/N-ethyl adjacent to an activating group) is 1. The van der Waals surface area contributed by atoms with E-state index in [0.29, 0.717) is 12.3 Å². The Kier molecular flexibility index (Phi) is 5.21. The lowest BCUT2D eigenvalue weighted by atomic mass is 9.95. The van der Waals surface area contributed by atoms with Crippen molar-refractivity contribution in [2.24, 2.45) is 0 Å². The Labute approximate surface area is 167 Å². The van der Waals surface area contributed by atoms with Crippen molar-refractivity contribution >= 4 is 28.5 Å². The van der Waals surface area contributed by atoms with Crippen molar-refractivity contribution in [3.63, 3.8) is 0 Å². The van der Waals surface area contributed by atoms with Crippen molar-refractivity contribution in [2.45, 2.75) is 38.6 Å². The first-order valence-corrected chi connectivity index (χ1v) is 10.9. The number of hydrogen-bond donors (Lipinski definition) is 0. The van der Waals surface area contributed by atoms with Gasteiger partial charge in [-0.25, -0.2) is 9.97 Å². The van der Waals surface area contributed by atoms with Gasteiger partial charge in [-0.1, -0.05) is 30.3 Å². The van der Waals surface area contributed by atoms with Crippen LogP contribution in [0.4, 0.5) is 0 Å². The zero-order valence-corrected chi connectivity index (χ0v) is 17.4. The summed E-state index contributed by atoms with van der Waals surface area (Å²) in [5.41, 5.74) is 3.29. The minimum atomic E-state index is -0.0186. The molecule has 140 valence electrons. The highest BCUT2D eigenvalue weighted by atomic mass is 32.1. The summed E-state index contributed by atoms with van der Waals surface area (Å²) in [6, 6.07) is 10.5. The van der Waals surface area contributed by atoms with Crippen LogP contribution < -0.4 is 0 Å². The van der Waals surface area contributed by atoms with Gasteiger partial charge in [0.2, 0.25) is 0 Å². The SMILES string of the molecule is Cc1nc(C)c(-c2csc(CC(=O)[C@@H]3C[C@@H](c4ccccc4)CN3C)n2)s1. The second kappa shape index (κ2) is 7.62. The Morgan fingerprint density at radius 1 is 1.22 bits per heavy atom. The maximum atomic E-state index is 12.9. The van der Waals surface area contributed by atoms with Crippen molar-refractivity contribution in [3.8, 4) is 10.6 Å². The van der Waals surface area contributed by atoms with Crippen LogP contribution in [-0.2, 0) is 11.2 Å². The zero-order valence-electron chi connectivity index (χ0n) is 15.8. The van der Waals surface area contributed by atoms with Crippen LogP contribution >= 0.6 is 22.7 Å². The molecule has 4 nitrogen and oxygen atoms in total. The molecule has 0 bridgehead atoms. The third-order valence-corrected chi connectivity index (χ3v) is 7.15. The number of hydrogen-bond acceptors (Lipinski definition) is 6. The van der Waals surface area contributed by atoms with E-state index in [1.165, 1.54) is 5.56 Å². The summed E-state index contributed by atoms with van der Waals surface area (Å²) in [5, 5.41) is 4.00. The molecule has 1 aromatic carbocycles. The third kappa shape index (κ3) is 3.88. The zero-order chi connectivity index (χ0) is 19.0. The Morgan fingerprint density at radius 2 is 2.00 bits per heavy atom. The van der Waals surface area contributed by atoms with Gasteiger partial charge in [0.15, 0.2) is 5.78 Å². The molecule has 0 spiro atoms. The maximum absolute atomic E-state index is 12.9. The van der Waals surface area contributed by atoms with E-state index >= 15 is 0 Å². The minimum Gasteiger partial charge on any atom is -0.297 e. The van der Waals surface area contributed by atoms with E-state index in [1.807, 2.05) is 25.3 Å². The molecular formula is C21H23N3OS2. The van der Waals surface area contributed by atoms with Crippen molar-refractivity contribution < 1.29 is 4.79 Å². The van der Waals surface area contributed by atoms with E-state index in [2.05, 4.69) is 41.2 Å². The Balaban J connectivity index is 1.44. The molecule has 6 heteroatoms. The maximum Gasteiger partial charge on any atom is 0.156 e. The molecule has 0 unspecified atom stereocenters. The number of likely N-dealkylation sites (tertiary alicyclic amines) is 1. The fourth-order valence-corrected chi connectivity index (χ4v) is 5.62. The molecule has 1 aliphatic heterocycles. The predicted molar refractivity (Wildman–Crippen MR) is 112 cm³/mol. The largest absolute Gasteiger partial charge is 0.297 e. The van der Waals surface area contributed by atoms with E-state index in [-0.39, 0.29) is 11.8 Å². The smallest absolute Gasteiger partial charge is 0.156 e. The highest BCUT2D eigenvalue weighted by Crippen LogP contribution is 2.33. The van der Waals surface area contributed by atoms with Crippen LogP contribution in [0.2, 0.25) is 0 Å². The number of rotatable bonds is 5. The lowest BCUT2D eigenvalue weighted by molar-refractivity contribution is -0.122. The molecule has 1 fully saturated rings. The molecule has 0 saturated carbocycles. The van der Waals surface area contributed by atoms with Gasteiger partial charge in [0.1, 0.15) is 5.01 Å². The first-order chi connectivity index (χ1) is 13.0. The number of aromatic nitrogens is 2. The van der Waals surface area contributed by atoms with Gasteiger partial charge >= 0.3 is 0 Å². The number of aryl methyl sites for hydroxylation is 2. The quantitative estimate of drug-likeness (QED) is 0.637. The highest BCUT2D eigenvalue weighted by Gasteiger charge is 2.35. The van der Waals surface area contributed by atoms with Crippen LogP contribution in [-0.4, -0.2) is 40.3 Å². The molecule has 1 saturated heterocycles. The van der Waals surface area contributed by atoms with Gasteiger partial charge in [-0.15, -0.1) is 22.7 Å². The molecule has 4 rings (SSSR count). The Hall–Kier alpha value is -1.89. The Morgan fingerprint density at radius 3 is 2.70 bits per heavy atom. The van der Waals surface area contributed by atoms with Crippen molar-refractivity contribution in [1.29, 1.82) is 0 Å². The molecule has 2 aromatic heterocycles. The van der Waals surface area contributed by atoms with E-state index in [9.17, 15) is 4.79 Å². The van der Waals surface area contributed by atoms with Crippen molar-refractivity contribution in [1.82, 2.24) is 14.9 Å². The summed E-state index contributed by atoms with van der Waals surface area (Å²) < 4.78 is 0. The Bertz CT molecular complexity index is 948. The summed E-state index contributed by atoms with van der Waals surface area (Å²) in [4.78, 5) is 25.4. The van der Waals surface area contributed by atoms with Crippen molar-refractivity contribution in [2.75, 3.05) is 13.6 Å². The predicted octanol–water partition coefficient (Wildman–Crippen LogP) is 4.48. The standard InChI is InChI=1S/C21H23N3OS2/c1-13-21(27-14(2)22-13)17-12-26-20(23-17)10-19(25)18-9-16(11-24(18)3)15-7-5-4-6-8-15/h4-8,12,16,18H,9-11H2,1-3H3/t16-,18+/m1/s1. The molecule has 2 atom stereocenters. The van der Waals surface area contributed by atoms with Crippen LogP contribution in [0, 0.1) is 13.8 Å². The lowest BCUT2D eigenvalue weighted by Gasteiger charge is -2.16. The molecule has 0 N–H and O–H groups in total. The first-order valence-electron chi connectivity index (χ1n) is 9.18. The van der Waals surface area contributed by atoms with Gasteiger partial charge in [-0.3, -0.25) is 9.69 Å². The number of benzene rings is 1. The number of ketones is 1. The molecule has 3 heterocycles. The van der Waals surface area contributed by atoms with Crippen LogP contribution in [0.15, 0.2) is 35.7 Å². The van der Waals surface area contributed by atoms with Gasteiger partial charge in [-0.2, -0.15) is 0 Å². The van der Waals surface area contributed by atoms with E-state index in [0.717, 1.165) is 39.2 Å². The minimum absolute atomic E-state index is 0.0186. The number of carbonyl (C=O) groups excluding carboxylic acids is 1. The number of nitrogens with zero attached hydrogens (tertiary/aromatic N) is 3. The second-order valence-corrected chi connectivity index (χ2v) is 9.36. The number of thiazole rings is 2. The first kappa shape index (κ1) is 18.5. The molecule has 0 amide bonds.